The van der Waals surface area contributed by atoms with Crippen molar-refractivity contribution in [3.05, 3.63) is 108 Å². The number of methoxy groups -OCH3 is 1. The van der Waals surface area contributed by atoms with E-state index in [9.17, 15) is 28.8 Å². The van der Waals surface area contributed by atoms with Gasteiger partial charge in [0.15, 0.2) is 36.5 Å². The van der Waals surface area contributed by atoms with E-state index >= 15 is 4.79 Å². The maximum atomic E-state index is 15.0. The summed E-state index contributed by atoms with van der Waals surface area (Å²) in [5.41, 5.74) is -3.00. The smallest absolute Gasteiger partial charge is 0.458 e. The molecule has 7 rings (SSSR count). The molecule has 454 valence electrons. The number of likely N-dealkylation sites (N-methyl/N-ethyl adjacent to an activating group) is 1. The number of carbonyl (C=O) groups excluding carboxylic acids is 7. The van der Waals surface area contributed by atoms with Gasteiger partial charge in [-0.25, -0.2) is 19.2 Å². The van der Waals surface area contributed by atoms with Crippen molar-refractivity contribution in [3.8, 4) is 0 Å². The molecule has 17 atom stereocenters. The van der Waals surface area contributed by atoms with Gasteiger partial charge in [0.25, 0.3) is 0 Å². The summed E-state index contributed by atoms with van der Waals surface area (Å²) in [5, 5.41) is 0. The summed E-state index contributed by atoms with van der Waals surface area (Å²) >= 11 is 0. The normalized spacial score (nSPS) is 33.8. The summed E-state index contributed by atoms with van der Waals surface area (Å²) in [6.45, 7) is 15.3. The lowest BCUT2D eigenvalue weighted by Crippen LogP contribution is -2.62. The molecule has 4 saturated heterocycles. The molecule has 0 aromatic heterocycles. The second kappa shape index (κ2) is 27.7. The van der Waals surface area contributed by atoms with Crippen LogP contribution in [0.3, 0.4) is 0 Å². The second-order valence-electron chi connectivity index (χ2n) is 22.5. The van der Waals surface area contributed by atoms with Crippen molar-refractivity contribution in [2.45, 2.75) is 199 Å². The monoisotopic (exact) mass is 1160 g/mol. The Balaban J connectivity index is 1.30. The summed E-state index contributed by atoms with van der Waals surface area (Å²) in [6.07, 6.45) is -17.2. The number of rotatable bonds is 17. The molecule has 0 aliphatic carbocycles. The van der Waals surface area contributed by atoms with Gasteiger partial charge in [-0.1, -0.05) is 105 Å². The standard InChI is InChI=1S/C61H79NO21/c1-13-45-61(10)50(80-58(69)83-61)39(6)53(65)82-60(9,30-35(2)63)49(37(4)47(38(5)52(64)76-45)77-46-31-59(8,70-12)51(40(7)75-46)81-57(68)73-34-43-27-21-16-22-28-43)79-54-48(78-56(67)72-33-42-25-19-15-20-26-42)44(29-36(3)74-54)62(11)55(66)71-32-41-23-17-14-18-24-41/h14-28,36-40,44-51,54H,13,29-34H2,1-12H3/t36-,37+,38-,39-,40+,44+,45-,46+,47+,48-,49-,50-,51+,54+,59-,60-,61-/m1/s1. The first kappa shape index (κ1) is 63.7. The molecule has 4 aliphatic rings. The lowest BCUT2D eigenvalue weighted by Gasteiger charge is -2.49. The number of amides is 1. The van der Waals surface area contributed by atoms with Gasteiger partial charge in [-0.2, -0.15) is 0 Å². The van der Waals surface area contributed by atoms with Crippen molar-refractivity contribution in [1.29, 1.82) is 0 Å². The Kier molecular flexibility index (Phi) is 21.3. The molecule has 3 aromatic rings. The van der Waals surface area contributed by atoms with Crippen molar-refractivity contribution in [1.82, 2.24) is 4.90 Å². The topological polar surface area (TPSA) is 252 Å². The summed E-state index contributed by atoms with van der Waals surface area (Å²) in [5.74, 6) is -6.07. The van der Waals surface area contributed by atoms with Crippen molar-refractivity contribution in [2.75, 3.05) is 14.2 Å². The highest BCUT2D eigenvalue weighted by molar-refractivity contribution is 5.79. The molecule has 22 nitrogen and oxygen atoms in total. The molecule has 0 radical (unpaired) electrons. The molecule has 4 heterocycles. The van der Waals surface area contributed by atoms with Gasteiger partial charge in [-0.3, -0.25) is 14.4 Å². The van der Waals surface area contributed by atoms with Crippen LogP contribution in [0.1, 0.15) is 112 Å². The number of fused-ring (bicyclic) bond motifs is 1. The van der Waals surface area contributed by atoms with Gasteiger partial charge in [-0.05, 0) is 84.9 Å². The molecule has 22 heteroatoms. The van der Waals surface area contributed by atoms with E-state index in [2.05, 4.69) is 0 Å². The SMILES string of the molecule is CC[C@H]1OC(=O)[C@H](C)[C@@H](O[C@H]2C[C@@](C)(OC)[C@@H](OC(=O)OCc3ccccc3)[C@H](C)O2)[C@H](C)[C@@H](O[C@@H]2O[C@H](C)C[C@H](N(C)C(=O)OCc3ccccc3)[C@H]2OC(=O)OCc2ccccc2)[C@@](C)(CC(C)=O)OC(=O)[C@H](C)[C@H]2OC(=O)O[C@@]21C. The summed E-state index contributed by atoms with van der Waals surface area (Å²) < 4.78 is 86.4. The highest BCUT2D eigenvalue weighted by atomic mass is 16.8. The lowest BCUT2D eigenvalue weighted by molar-refractivity contribution is -0.318. The third-order valence-corrected chi connectivity index (χ3v) is 16.0. The number of carbonyl (C=O) groups is 7. The number of nitrogens with zero attached hydrogens (tertiary/aromatic N) is 1. The molecule has 0 N–H and O–H groups in total. The van der Waals surface area contributed by atoms with E-state index < -0.39 is 151 Å². The fraction of sp³-hybridized carbons (Fsp3) is 0.590. The molecule has 4 fully saturated rings. The third kappa shape index (κ3) is 15.5. The molecule has 0 saturated carbocycles. The molecule has 0 bridgehead atoms. The Morgan fingerprint density at radius 2 is 1.22 bits per heavy atom. The van der Waals surface area contributed by atoms with Crippen LogP contribution in [0.4, 0.5) is 19.2 Å². The highest BCUT2D eigenvalue weighted by Crippen LogP contribution is 2.44. The van der Waals surface area contributed by atoms with Crippen LogP contribution in [0.2, 0.25) is 0 Å². The first-order valence-electron chi connectivity index (χ1n) is 28.1. The zero-order valence-electron chi connectivity index (χ0n) is 49.2. The summed E-state index contributed by atoms with van der Waals surface area (Å²) in [6, 6.07) is 25.9. The fourth-order valence-electron chi connectivity index (χ4n) is 11.6. The Labute approximate surface area is 484 Å². The van der Waals surface area contributed by atoms with E-state index in [-0.39, 0.29) is 39.1 Å². The molecule has 4 aliphatic heterocycles. The molecular weight excluding hydrogens is 1080 g/mol. The van der Waals surface area contributed by atoms with Gasteiger partial charge in [0, 0.05) is 32.9 Å². The quantitative estimate of drug-likeness (QED) is 0.0901. The predicted molar refractivity (Wildman–Crippen MR) is 291 cm³/mol. The van der Waals surface area contributed by atoms with Gasteiger partial charge in [0.1, 0.15) is 49.0 Å². The number of hydrogen-bond acceptors (Lipinski definition) is 21. The maximum absolute atomic E-state index is 15.0. The molecular formula is C61H79NO21. The number of benzene rings is 3. The number of Topliss-reactive ketones (excluding diaryl/α,β-unsaturated/α-hetero) is 1. The maximum Gasteiger partial charge on any atom is 0.509 e. The number of esters is 2. The number of hydrogen-bond donors (Lipinski definition) is 0. The lowest BCUT2D eigenvalue weighted by atomic mass is 9.79. The van der Waals surface area contributed by atoms with Crippen molar-refractivity contribution < 1.29 is 99.9 Å². The Bertz CT molecular complexity index is 2700. The van der Waals surface area contributed by atoms with Crippen molar-refractivity contribution in [3.63, 3.8) is 0 Å². The van der Waals surface area contributed by atoms with E-state index in [1.165, 1.54) is 53.7 Å². The molecule has 3 aromatic carbocycles. The van der Waals surface area contributed by atoms with E-state index in [1.807, 2.05) is 24.3 Å². The zero-order chi connectivity index (χ0) is 60.4. The minimum absolute atomic E-state index is 0.0620. The zero-order valence-corrected chi connectivity index (χ0v) is 49.2. The van der Waals surface area contributed by atoms with Crippen molar-refractivity contribution in [2.24, 2.45) is 17.8 Å². The first-order valence-corrected chi connectivity index (χ1v) is 28.1. The minimum atomic E-state index is -2.04. The van der Waals surface area contributed by atoms with E-state index in [0.717, 1.165) is 5.56 Å². The predicted octanol–water partition coefficient (Wildman–Crippen LogP) is 9.33. The molecule has 1 amide bonds. The molecule has 83 heavy (non-hydrogen) atoms. The molecule has 0 spiro atoms. The summed E-state index contributed by atoms with van der Waals surface area (Å²) in [4.78, 5) is 99.4. The largest absolute Gasteiger partial charge is 0.509 e. The highest BCUT2D eigenvalue weighted by Gasteiger charge is 2.61. The Hall–Kier alpha value is -6.85. The van der Waals surface area contributed by atoms with Gasteiger partial charge in [-0.15, -0.1) is 0 Å². The van der Waals surface area contributed by atoms with Crippen LogP contribution in [0.15, 0.2) is 91.0 Å². The minimum Gasteiger partial charge on any atom is -0.458 e. The molecule has 0 unspecified atom stereocenters. The van der Waals surface area contributed by atoms with Crippen LogP contribution in [-0.4, -0.2) is 146 Å². The first-order chi connectivity index (χ1) is 39.4. The third-order valence-electron chi connectivity index (χ3n) is 16.0. The van der Waals surface area contributed by atoms with Gasteiger partial charge in [0.2, 0.25) is 0 Å². The number of cyclic esters (lactones) is 2. The number of ether oxygens (including phenoxy) is 14. The van der Waals surface area contributed by atoms with Crippen LogP contribution < -0.4 is 0 Å². The van der Waals surface area contributed by atoms with Gasteiger partial charge in [0.05, 0.1) is 36.2 Å². The Morgan fingerprint density at radius 3 is 1.76 bits per heavy atom. The van der Waals surface area contributed by atoms with Gasteiger partial charge >= 0.3 is 36.5 Å². The van der Waals surface area contributed by atoms with Crippen LogP contribution in [0.5, 0.6) is 0 Å². The van der Waals surface area contributed by atoms with Crippen LogP contribution in [0, 0.1) is 17.8 Å². The Morgan fingerprint density at radius 1 is 0.663 bits per heavy atom. The van der Waals surface area contributed by atoms with Crippen molar-refractivity contribution >= 4 is 42.3 Å². The average Bonchev–Trinajstić information content (AvgIpc) is 4.04. The van der Waals surface area contributed by atoms with E-state index in [1.54, 1.807) is 101 Å². The van der Waals surface area contributed by atoms with Crippen LogP contribution in [0.25, 0.3) is 0 Å². The average molecular weight is 1160 g/mol. The summed E-state index contributed by atoms with van der Waals surface area (Å²) in [7, 11) is 2.90. The fourth-order valence-corrected chi connectivity index (χ4v) is 11.6. The van der Waals surface area contributed by atoms with Gasteiger partial charge < -0.3 is 71.2 Å². The van der Waals surface area contributed by atoms with Crippen LogP contribution >= 0.6 is 0 Å². The van der Waals surface area contributed by atoms with Crippen LogP contribution in [-0.2, 0) is 101 Å². The van der Waals surface area contributed by atoms with E-state index in [0.29, 0.717) is 11.1 Å². The van der Waals surface area contributed by atoms with E-state index in [4.69, 9.17) is 66.3 Å². The second-order valence-corrected chi connectivity index (χ2v) is 22.5. The number of ketones is 1.